The zero-order chi connectivity index (χ0) is 10.7. The molecule has 0 unspecified atom stereocenters. The van der Waals surface area contributed by atoms with E-state index in [4.69, 9.17) is 11.6 Å². The van der Waals surface area contributed by atoms with Crippen molar-refractivity contribution in [3.63, 3.8) is 0 Å². The van der Waals surface area contributed by atoms with Crippen LogP contribution < -0.4 is 0 Å². The molecule has 1 rings (SSSR count). The molecule has 0 N–H and O–H groups in total. The summed E-state index contributed by atoms with van der Waals surface area (Å²) in [6.07, 6.45) is -0.376. The van der Waals surface area contributed by atoms with Crippen LogP contribution in [-0.4, -0.2) is 13.1 Å². The van der Waals surface area contributed by atoms with Gasteiger partial charge in [-0.25, -0.2) is 8.78 Å². The number of carbonyl (C=O) groups is 1. The zero-order valence-electron chi connectivity index (χ0n) is 7.31. The molecule has 2 nitrogen and oxygen atoms in total. The Labute approximate surface area is 84.4 Å². The third-order valence-corrected chi connectivity index (χ3v) is 2.04. The standard InChI is InChI=1S/C9H7ClF2O2/c1-14-8(13)4-5-6(10)2-3-7(11)9(5)12/h2-3H,4H2,1H3. The number of hydrogen-bond acceptors (Lipinski definition) is 2. The van der Waals surface area contributed by atoms with Crippen molar-refractivity contribution in [2.45, 2.75) is 6.42 Å². The zero-order valence-corrected chi connectivity index (χ0v) is 8.07. The highest BCUT2D eigenvalue weighted by molar-refractivity contribution is 6.31. The number of methoxy groups -OCH3 is 1. The maximum atomic E-state index is 13.1. The second-order valence-electron chi connectivity index (χ2n) is 2.57. The number of ether oxygens (including phenoxy) is 1. The van der Waals surface area contributed by atoms with Gasteiger partial charge in [-0.15, -0.1) is 0 Å². The van der Waals surface area contributed by atoms with E-state index in [1.54, 1.807) is 0 Å². The Bertz CT molecular complexity index is 366. The Hall–Kier alpha value is -1.16. The van der Waals surface area contributed by atoms with Crippen molar-refractivity contribution in [1.29, 1.82) is 0 Å². The number of benzene rings is 1. The van der Waals surface area contributed by atoms with Crippen LogP contribution in [0.2, 0.25) is 5.02 Å². The van der Waals surface area contributed by atoms with Crippen LogP contribution in [0.5, 0.6) is 0 Å². The lowest BCUT2D eigenvalue weighted by atomic mass is 10.1. The fourth-order valence-electron chi connectivity index (χ4n) is 0.948. The Morgan fingerprint density at radius 1 is 1.50 bits per heavy atom. The lowest BCUT2D eigenvalue weighted by molar-refractivity contribution is -0.139. The molecule has 0 bridgehead atoms. The SMILES string of the molecule is COC(=O)Cc1c(Cl)ccc(F)c1F. The summed E-state index contributed by atoms with van der Waals surface area (Å²) in [5, 5.41) is 0.00861. The number of rotatable bonds is 2. The average molecular weight is 221 g/mol. The topological polar surface area (TPSA) is 26.3 Å². The van der Waals surface area contributed by atoms with Crippen LogP contribution in [0.15, 0.2) is 12.1 Å². The minimum absolute atomic E-state index is 0.00861. The van der Waals surface area contributed by atoms with Crippen LogP contribution in [0.1, 0.15) is 5.56 Å². The number of esters is 1. The van der Waals surface area contributed by atoms with Gasteiger partial charge >= 0.3 is 5.97 Å². The smallest absolute Gasteiger partial charge is 0.310 e. The Balaban J connectivity index is 3.06. The van der Waals surface area contributed by atoms with Gasteiger partial charge in [-0.3, -0.25) is 4.79 Å². The van der Waals surface area contributed by atoms with Crippen molar-refractivity contribution in [2.24, 2.45) is 0 Å². The van der Waals surface area contributed by atoms with Gasteiger partial charge in [0.1, 0.15) is 0 Å². The summed E-state index contributed by atoms with van der Waals surface area (Å²) < 4.78 is 30.1. The minimum atomic E-state index is -1.11. The quantitative estimate of drug-likeness (QED) is 0.565. The first-order chi connectivity index (χ1) is 6.56. The number of halogens is 3. The molecule has 0 radical (unpaired) electrons. The second-order valence-corrected chi connectivity index (χ2v) is 2.98. The van der Waals surface area contributed by atoms with E-state index < -0.39 is 17.6 Å². The average Bonchev–Trinajstić information content (AvgIpc) is 2.18. The molecule has 0 saturated carbocycles. The van der Waals surface area contributed by atoms with Gasteiger partial charge in [-0.05, 0) is 12.1 Å². The molecule has 0 saturated heterocycles. The second kappa shape index (κ2) is 4.37. The van der Waals surface area contributed by atoms with Gasteiger partial charge in [0.05, 0.1) is 13.5 Å². The first kappa shape index (κ1) is 10.9. The van der Waals surface area contributed by atoms with E-state index in [0.29, 0.717) is 0 Å². The Kier molecular flexibility index (Phi) is 3.41. The highest BCUT2D eigenvalue weighted by atomic mass is 35.5. The van der Waals surface area contributed by atoms with Crippen molar-refractivity contribution in [2.75, 3.05) is 7.11 Å². The van der Waals surface area contributed by atoms with Crippen LogP contribution in [0, 0.1) is 11.6 Å². The highest BCUT2D eigenvalue weighted by Crippen LogP contribution is 2.22. The third kappa shape index (κ3) is 2.20. The van der Waals surface area contributed by atoms with Crippen molar-refractivity contribution in [1.82, 2.24) is 0 Å². The molecule has 0 aromatic heterocycles. The van der Waals surface area contributed by atoms with Gasteiger partial charge < -0.3 is 4.74 Å². The Morgan fingerprint density at radius 3 is 2.71 bits per heavy atom. The van der Waals surface area contributed by atoms with Crippen molar-refractivity contribution >= 4 is 17.6 Å². The molecule has 0 fully saturated rings. The van der Waals surface area contributed by atoms with E-state index in [1.807, 2.05) is 0 Å². The molecule has 0 amide bonds. The molecule has 0 aliphatic carbocycles. The first-order valence-electron chi connectivity index (χ1n) is 3.75. The molecule has 0 aliphatic heterocycles. The van der Waals surface area contributed by atoms with E-state index in [0.717, 1.165) is 13.2 Å². The predicted octanol–water partition coefficient (Wildman–Crippen LogP) is 2.33. The maximum Gasteiger partial charge on any atom is 0.310 e. The molecule has 0 atom stereocenters. The summed E-state index contributed by atoms with van der Waals surface area (Å²) in [6.45, 7) is 0. The number of hydrogen-bond donors (Lipinski definition) is 0. The molecule has 0 heterocycles. The highest BCUT2D eigenvalue weighted by Gasteiger charge is 2.15. The third-order valence-electron chi connectivity index (χ3n) is 1.69. The minimum Gasteiger partial charge on any atom is -0.469 e. The predicted molar refractivity (Wildman–Crippen MR) is 47.1 cm³/mol. The fraction of sp³-hybridized carbons (Fsp3) is 0.222. The summed E-state index contributed by atoms with van der Waals surface area (Å²) in [4.78, 5) is 10.8. The van der Waals surface area contributed by atoms with Gasteiger partial charge in [0.2, 0.25) is 0 Å². The van der Waals surface area contributed by atoms with E-state index in [2.05, 4.69) is 4.74 Å². The summed E-state index contributed by atoms with van der Waals surface area (Å²) in [6, 6.07) is 2.09. The summed E-state index contributed by atoms with van der Waals surface area (Å²) in [5.74, 6) is -2.81. The Morgan fingerprint density at radius 2 is 2.14 bits per heavy atom. The molecule has 14 heavy (non-hydrogen) atoms. The summed E-state index contributed by atoms with van der Waals surface area (Å²) in [5.41, 5.74) is -0.182. The molecular formula is C9H7ClF2O2. The van der Waals surface area contributed by atoms with Crippen LogP contribution >= 0.6 is 11.6 Å². The molecule has 0 aliphatic rings. The van der Waals surface area contributed by atoms with Crippen LogP contribution in [0.4, 0.5) is 8.78 Å². The molecule has 5 heteroatoms. The van der Waals surface area contributed by atoms with E-state index in [9.17, 15) is 13.6 Å². The van der Waals surface area contributed by atoms with Gasteiger partial charge in [0.25, 0.3) is 0 Å². The fourth-order valence-corrected chi connectivity index (χ4v) is 1.16. The van der Waals surface area contributed by atoms with Crippen LogP contribution in [0.3, 0.4) is 0 Å². The summed E-state index contributed by atoms with van der Waals surface area (Å²) in [7, 11) is 1.16. The van der Waals surface area contributed by atoms with E-state index >= 15 is 0 Å². The van der Waals surface area contributed by atoms with Gasteiger partial charge in [-0.2, -0.15) is 0 Å². The first-order valence-corrected chi connectivity index (χ1v) is 4.13. The maximum absolute atomic E-state index is 13.1. The lowest BCUT2D eigenvalue weighted by Gasteiger charge is -2.04. The number of carbonyl (C=O) groups excluding carboxylic acids is 1. The van der Waals surface area contributed by atoms with Gasteiger partial charge in [0.15, 0.2) is 11.6 Å². The van der Waals surface area contributed by atoms with Gasteiger partial charge in [-0.1, -0.05) is 11.6 Å². The molecule has 1 aromatic carbocycles. The summed E-state index contributed by atoms with van der Waals surface area (Å²) >= 11 is 5.59. The van der Waals surface area contributed by atoms with Crippen molar-refractivity contribution < 1.29 is 18.3 Å². The monoisotopic (exact) mass is 220 g/mol. The molecule has 1 aromatic rings. The van der Waals surface area contributed by atoms with Crippen LogP contribution in [-0.2, 0) is 16.0 Å². The van der Waals surface area contributed by atoms with Crippen molar-refractivity contribution in [3.05, 3.63) is 34.4 Å². The van der Waals surface area contributed by atoms with Crippen LogP contribution in [0.25, 0.3) is 0 Å². The van der Waals surface area contributed by atoms with E-state index in [-0.39, 0.29) is 17.0 Å². The molecular weight excluding hydrogens is 214 g/mol. The largest absolute Gasteiger partial charge is 0.469 e. The van der Waals surface area contributed by atoms with Gasteiger partial charge in [0, 0.05) is 10.6 Å². The molecule has 0 spiro atoms. The van der Waals surface area contributed by atoms with E-state index in [1.165, 1.54) is 6.07 Å². The normalized spacial score (nSPS) is 10.0. The van der Waals surface area contributed by atoms with Crippen molar-refractivity contribution in [3.8, 4) is 0 Å². The lowest BCUT2D eigenvalue weighted by Crippen LogP contribution is -2.07. The molecule has 76 valence electrons.